The van der Waals surface area contributed by atoms with Crippen LogP contribution in [0.4, 0.5) is 22.7 Å². The van der Waals surface area contributed by atoms with E-state index in [0.717, 1.165) is 72.5 Å². The Morgan fingerprint density at radius 3 is 2.06 bits per heavy atom. The van der Waals surface area contributed by atoms with Gasteiger partial charge in [0, 0.05) is 33.1 Å². The van der Waals surface area contributed by atoms with Crippen LogP contribution in [-0.4, -0.2) is 0 Å². The number of furan rings is 1. The van der Waals surface area contributed by atoms with Gasteiger partial charge in [0.1, 0.15) is 11.2 Å². The second-order valence-electron chi connectivity index (χ2n) is 12.6. The largest absolute Gasteiger partial charge is 0.464 e. The number of hydrogen-bond donors (Lipinski definition) is 1. The quantitative estimate of drug-likeness (QED) is 0.192. The molecule has 0 amide bonds. The zero-order chi connectivity index (χ0) is 32.3. The number of nitrogens with one attached hydrogen (secondary N) is 1. The van der Waals surface area contributed by atoms with Gasteiger partial charge in [-0.3, -0.25) is 0 Å². The lowest BCUT2D eigenvalue weighted by atomic mass is 10.0. The van der Waals surface area contributed by atoms with E-state index in [9.17, 15) is 0 Å². The maximum absolute atomic E-state index is 6.86. The van der Waals surface area contributed by atoms with Gasteiger partial charge in [-0.15, -0.1) is 0 Å². The molecule has 0 bridgehead atoms. The summed E-state index contributed by atoms with van der Waals surface area (Å²) in [6.45, 7) is 0. The minimum atomic E-state index is -0.364. The highest BCUT2D eigenvalue weighted by Crippen LogP contribution is 2.48. The summed E-state index contributed by atoms with van der Waals surface area (Å²) in [4.78, 5) is 2.31. The van der Waals surface area contributed by atoms with Crippen molar-refractivity contribution in [1.82, 2.24) is 0 Å². The van der Waals surface area contributed by atoms with Crippen LogP contribution in [0.1, 0.15) is 11.8 Å². The third-order valence-corrected chi connectivity index (χ3v) is 9.70. The molecule has 0 saturated heterocycles. The molecule has 1 unspecified atom stereocenters. The Kier molecular flexibility index (Phi) is 6.21. The average Bonchev–Trinajstić information content (AvgIpc) is 3.77. The van der Waals surface area contributed by atoms with Gasteiger partial charge in [0.25, 0.3) is 0 Å². The Morgan fingerprint density at radius 2 is 1.16 bits per heavy atom. The van der Waals surface area contributed by atoms with Gasteiger partial charge in [-0.1, -0.05) is 115 Å². The van der Waals surface area contributed by atoms with E-state index in [4.69, 9.17) is 9.15 Å². The zero-order valence-corrected chi connectivity index (χ0v) is 26.5. The van der Waals surface area contributed by atoms with Gasteiger partial charge in [-0.05, 0) is 81.9 Å². The molecule has 1 aromatic heterocycles. The molecule has 1 N–H and O–H groups in total. The summed E-state index contributed by atoms with van der Waals surface area (Å²) >= 11 is 0. The fourth-order valence-corrected chi connectivity index (χ4v) is 7.36. The average molecular weight is 631 g/mol. The molecule has 1 aliphatic heterocycles. The van der Waals surface area contributed by atoms with Gasteiger partial charge < -0.3 is 19.4 Å². The maximum Gasteiger partial charge on any atom is 0.198 e. The molecular formula is C45H30N2O2. The number of benzene rings is 8. The molecule has 2 heterocycles. The maximum atomic E-state index is 6.86. The second-order valence-corrected chi connectivity index (χ2v) is 12.6. The van der Waals surface area contributed by atoms with Crippen molar-refractivity contribution < 1.29 is 9.15 Å². The highest BCUT2D eigenvalue weighted by molar-refractivity contribution is 6.13. The van der Waals surface area contributed by atoms with Crippen LogP contribution in [0.2, 0.25) is 0 Å². The van der Waals surface area contributed by atoms with E-state index >= 15 is 0 Å². The molecule has 0 saturated carbocycles. The van der Waals surface area contributed by atoms with E-state index in [2.05, 4.69) is 168 Å². The molecule has 49 heavy (non-hydrogen) atoms. The van der Waals surface area contributed by atoms with Crippen molar-refractivity contribution in [3.8, 4) is 16.9 Å². The first-order valence-electron chi connectivity index (χ1n) is 16.6. The Balaban J connectivity index is 1.04. The standard InChI is InChI=1S/C45H30N2O2/c1-2-11-33(12-3-1)47(34-24-20-29(21-25-34)32-22-26-37-36-14-7-9-17-41(36)48-42(37)28-32)40-16-8-6-15-38(40)45-46-39-27-23-31-19-18-30-10-4-5-13-35(30)43(31)44(39)49-45/h1-28,45-46H. The number of nitrogens with zero attached hydrogens (tertiary/aromatic N) is 1. The topological polar surface area (TPSA) is 37.6 Å². The molecule has 10 rings (SSSR count). The first kappa shape index (κ1) is 27.6. The van der Waals surface area contributed by atoms with Gasteiger partial charge in [0.05, 0.1) is 11.4 Å². The summed E-state index contributed by atoms with van der Waals surface area (Å²) in [7, 11) is 0. The summed E-state index contributed by atoms with van der Waals surface area (Å²) in [5.74, 6) is 0.895. The van der Waals surface area contributed by atoms with E-state index in [-0.39, 0.29) is 6.23 Å². The molecule has 232 valence electrons. The van der Waals surface area contributed by atoms with Crippen LogP contribution in [0.15, 0.2) is 174 Å². The number of hydrogen-bond acceptors (Lipinski definition) is 4. The highest BCUT2D eigenvalue weighted by atomic mass is 16.5. The van der Waals surface area contributed by atoms with Crippen molar-refractivity contribution in [3.05, 3.63) is 175 Å². The smallest absolute Gasteiger partial charge is 0.198 e. The molecule has 0 radical (unpaired) electrons. The Morgan fingerprint density at radius 1 is 0.490 bits per heavy atom. The van der Waals surface area contributed by atoms with Gasteiger partial charge in [-0.2, -0.15) is 0 Å². The van der Waals surface area contributed by atoms with E-state index in [1.54, 1.807) is 0 Å². The molecule has 4 heteroatoms. The molecule has 0 aliphatic carbocycles. The first-order valence-corrected chi connectivity index (χ1v) is 16.6. The molecule has 0 fully saturated rings. The molecule has 1 aliphatic rings. The minimum absolute atomic E-state index is 0.364. The van der Waals surface area contributed by atoms with E-state index < -0.39 is 0 Å². The van der Waals surface area contributed by atoms with Crippen molar-refractivity contribution in [1.29, 1.82) is 0 Å². The number of fused-ring (bicyclic) bond motifs is 8. The van der Waals surface area contributed by atoms with Crippen molar-refractivity contribution in [2.45, 2.75) is 6.23 Å². The van der Waals surface area contributed by atoms with Crippen molar-refractivity contribution >= 4 is 66.2 Å². The Hall–Kier alpha value is -6.52. The monoisotopic (exact) mass is 630 g/mol. The summed E-state index contributed by atoms with van der Waals surface area (Å²) in [6, 6.07) is 59.7. The second kappa shape index (κ2) is 11.0. The Bertz CT molecular complexity index is 2680. The lowest BCUT2D eigenvalue weighted by Crippen LogP contribution is -2.17. The van der Waals surface area contributed by atoms with Gasteiger partial charge >= 0.3 is 0 Å². The first-order chi connectivity index (χ1) is 24.3. The van der Waals surface area contributed by atoms with Crippen LogP contribution in [0.25, 0.3) is 54.6 Å². The number of rotatable bonds is 5. The van der Waals surface area contributed by atoms with Crippen LogP contribution < -0.4 is 15.0 Å². The predicted octanol–water partition coefficient (Wildman–Crippen LogP) is 12.5. The number of para-hydroxylation sites is 3. The van der Waals surface area contributed by atoms with Crippen molar-refractivity contribution in [2.24, 2.45) is 0 Å². The van der Waals surface area contributed by atoms with Crippen molar-refractivity contribution in [2.75, 3.05) is 10.2 Å². The molecule has 0 spiro atoms. The lowest BCUT2D eigenvalue weighted by Gasteiger charge is -2.29. The van der Waals surface area contributed by atoms with Crippen LogP contribution in [0.5, 0.6) is 5.75 Å². The predicted molar refractivity (Wildman–Crippen MR) is 202 cm³/mol. The van der Waals surface area contributed by atoms with Gasteiger partial charge in [-0.25, -0.2) is 0 Å². The van der Waals surface area contributed by atoms with Crippen LogP contribution >= 0.6 is 0 Å². The zero-order valence-electron chi connectivity index (χ0n) is 26.5. The van der Waals surface area contributed by atoms with Crippen LogP contribution in [0.3, 0.4) is 0 Å². The molecule has 4 nitrogen and oxygen atoms in total. The molecule has 8 aromatic carbocycles. The van der Waals surface area contributed by atoms with Gasteiger partial charge in [0.2, 0.25) is 0 Å². The number of ether oxygens (including phenoxy) is 1. The normalized spacial score (nSPS) is 13.8. The van der Waals surface area contributed by atoms with Crippen LogP contribution in [-0.2, 0) is 0 Å². The van der Waals surface area contributed by atoms with Gasteiger partial charge in [0.15, 0.2) is 12.0 Å². The summed E-state index contributed by atoms with van der Waals surface area (Å²) in [6.07, 6.45) is -0.364. The molecular weight excluding hydrogens is 601 g/mol. The molecule has 1 atom stereocenters. The summed E-state index contributed by atoms with van der Waals surface area (Å²) in [5, 5.41) is 10.7. The van der Waals surface area contributed by atoms with E-state index in [0.29, 0.717) is 0 Å². The third-order valence-electron chi connectivity index (χ3n) is 9.70. The highest BCUT2D eigenvalue weighted by Gasteiger charge is 2.29. The lowest BCUT2D eigenvalue weighted by molar-refractivity contribution is 0.263. The number of anilines is 4. The van der Waals surface area contributed by atoms with Crippen molar-refractivity contribution in [3.63, 3.8) is 0 Å². The summed E-state index contributed by atoms with van der Waals surface area (Å²) < 4.78 is 13.1. The summed E-state index contributed by atoms with van der Waals surface area (Å²) in [5.41, 5.74) is 9.27. The fraction of sp³-hybridized carbons (Fsp3) is 0.0222. The fourth-order valence-electron chi connectivity index (χ4n) is 7.36. The minimum Gasteiger partial charge on any atom is -0.464 e. The van der Waals surface area contributed by atoms with E-state index in [1.807, 2.05) is 12.1 Å². The SMILES string of the molecule is c1ccc(N(c2ccc(-c3ccc4c(c3)oc3ccccc34)cc2)c2ccccc2C2Nc3ccc4ccc5ccccc5c4c3O2)cc1. The molecule has 9 aromatic rings. The third kappa shape index (κ3) is 4.53. The van der Waals surface area contributed by atoms with Crippen LogP contribution in [0, 0.1) is 0 Å². The Labute approximate surface area is 283 Å². The van der Waals surface area contributed by atoms with E-state index in [1.165, 1.54) is 16.2 Å².